The number of ether oxygens (including phenoxy) is 1. The van der Waals surface area contributed by atoms with Crippen LogP contribution in [0.25, 0.3) is 10.8 Å². The van der Waals surface area contributed by atoms with E-state index in [1.54, 1.807) is 7.11 Å². The summed E-state index contributed by atoms with van der Waals surface area (Å²) in [5, 5.41) is 4.99. The molecule has 0 spiro atoms. The Morgan fingerprint density at radius 1 is 1.14 bits per heavy atom. The van der Waals surface area contributed by atoms with Gasteiger partial charge in [-0.1, -0.05) is 24.3 Å². The van der Waals surface area contributed by atoms with Crippen LogP contribution in [0.4, 0.5) is 5.69 Å². The number of anilines is 1. The number of hydrogen-bond donors (Lipinski definition) is 2. The summed E-state index contributed by atoms with van der Waals surface area (Å²) in [6, 6.07) is 11.6. The number of fused-ring (bicyclic) bond motifs is 1. The van der Waals surface area contributed by atoms with Gasteiger partial charge in [-0.25, -0.2) is 0 Å². The third kappa shape index (κ3) is 4.20. The summed E-state index contributed by atoms with van der Waals surface area (Å²) >= 11 is 0. The summed E-state index contributed by atoms with van der Waals surface area (Å²) < 4.78 is 4.99. The number of carbonyl (C=O) groups is 1. The van der Waals surface area contributed by atoms with E-state index in [1.165, 1.54) is 0 Å². The molecule has 21 heavy (non-hydrogen) atoms. The molecule has 4 nitrogen and oxygen atoms in total. The van der Waals surface area contributed by atoms with Crippen molar-refractivity contribution in [2.75, 3.05) is 26.0 Å². The molecule has 1 amide bonds. The monoisotopic (exact) mass is 286 g/mol. The Morgan fingerprint density at radius 3 is 2.57 bits per heavy atom. The minimum absolute atomic E-state index is 0.106. The highest BCUT2D eigenvalue weighted by molar-refractivity contribution is 6.03. The third-order valence-corrected chi connectivity index (χ3v) is 3.47. The lowest BCUT2D eigenvalue weighted by atomic mass is 10.0. The molecule has 0 aliphatic carbocycles. The second-order valence-electron chi connectivity index (χ2n) is 5.10. The average molecular weight is 286 g/mol. The zero-order valence-corrected chi connectivity index (χ0v) is 12.4. The maximum atomic E-state index is 12.2. The van der Waals surface area contributed by atoms with E-state index < -0.39 is 0 Å². The minimum Gasteiger partial charge on any atom is -0.398 e. The van der Waals surface area contributed by atoms with E-state index >= 15 is 0 Å². The number of nitrogens with two attached hydrogens (primary N) is 1. The normalized spacial score (nSPS) is 10.7. The summed E-state index contributed by atoms with van der Waals surface area (Å²) in [6.07, 6.45) is 3.01. The first-order valence-corrected chi connectivity index (χ1v) is 7.28. The van der Waals surface area contributed by atoms with Gasteiger partial charge in [0.2, 0.25) is 0 Å². The molecule has 0 radical (unpaired) electrons. The lowest BCUT2D eigenvalue weighted by Gasteiger charge is -2.09. The molecule has 0 fully saturated rings. The maximum absolute atomic E-state index is 12.2. The number of benzene rings is 2. The number of rotatable bonds is 7. The van der Waals surface area contributed by atoms with Gasteiger partial charge in [0.15, 0.2) is 0 Å². The summed E-state index contributed by atoms with van der Waals surface area (Å²) in [5.74, 6) is -0.106. The number of nitrogen functional groups attached to an aromatic ring is 1. The first-order valence-electron chi connectivity index (χ1n) is 7.28. The molecule has 0 saturated heterocycles. The van der Waals surface area contributed by atoms with Crippen molar-refractivity contribution in [3.05, 3.63) is 42.0 Å². The molecule has 0 aliphatic heterocycles. The Labute approximate surface area is 125 Å². The summed E-state index contributed by atoms with van der Waals surface area (Å²) in [4.78, 5) is 12.2. The van der Waals surface area contributed by atoms with Crippen molar-refractivity contribution in [3.63, 3.8) is 0 Å². The van der Waals surface area contributed by atoms with E-state index in [9.17, 15) is 4.79 Å². The Kier molecular flexibility index (Phi) is 5.58. The smallest absolute Gasteiger partial charge is 0.253 e. The van der Waals surface area contributed by atoms with Gasteiger partial charge >= 0.3 is 0 Å². The molecule has 0 unspecified atom stereocenters. The summed E-state index contributed by atoms with van der Waals surface area (Å²) in [6.45, 7) is 1.43. The number of carbonyl (C=O) groups excluding carboxylic acids is 1. The van der Waals surface area contributed by atoms with E-state index in [2.05, 4.69) is 5.32 Å². The van der Waals surface area contributed by atoms with Gasteiger partial charge < -0.3 is 15.8 Å². The number of hydrogen-bond acceptors (Lipinski definition) is 3. The molecule has 0 aliphatic rings. The van der Waals surface area contributed by atoms with E-state index in [0.29, 0.717) is 17.8 Å². The minimum atomic E-state index is -0.106. The van der Waals surface area contributed by atoms with Gasteiger partial charge in [0.25, 0.3) is 5.91 Å². The van der Waals surface area contributed by atoms with Crippen LogP contribution in [0, 0.1) is 0 Å². The van der Waals surface area contributed by atoms with Gasteiger partial charge in [0.05, 0.1) is 5.56 Å². The predicted molar refractivity (Wildman–Crippen MR) is 86.4 cm³/mol. The van der Waals surface area contributed by atoms with Crippen LogP contribution in [0.3, 0.4) is 0 Å². The fourth-order valence-corrected chi connectivity index (χ4v) is 2.30. The molecule has 0 aromatic heterocycles. The first kappa shape index (κ1) is 15.3. The topological polar surface area (TPSA) is 64.3 Å². The van der Waals surface area contributed by atoms with Crippen molar-refractivity contribution >= 4 is 22.4 Å². The quantitative estimate of drug-likeness (QED) is 0.607. The van der Waals surface area contributed by atoms with E-state index in [-0.39, 0.29) is 5.91 Å². The number of nitrogens with one attached hydrogen (secondary N) is 1. The Morgan fingerprint density at radius 2 is 1.86 bits per heavy atom. The van der Waals surface area contributed by atoms with Crippen molar-refractivity contribution in [1.29, 1.82) is 0 Å². The van der Waals surface area contributed by atoms with E-state index in [1.807, 2.05) is 36.4 Å². The Balaban J connectivity index is 1.94. The highest BCUT2D eigenvalue weighted by Gasteiger charge is 2.10. The van der Waals surface area contributed by atoms with E-state index in [4.69, 9.17) is 10.5 Å². The molecule has 0 heterocycles. The molecule has 2 rings (SSSR count). The Hall–Kier alpha value is -2.07. The highest BCUT2D eigenvalue weighted by Crippen LogP contribution is 2.21. The van der Waals surface area contributed by atoms with Gasteiger partial charge in [0, 0.05) is 25.9 Å². The van der Waals surface area contributed by atoms with Crippen molar-refractivity contribution < 1.29 is 9.53 Å². The molecule has 2 aromatic carbocycles. The van der Waals surface area contributed by atoms with Crippen molar-refractivity contribution in [1.82, 2.24) is 5.32 Å². The largest absolute Gasteiger partial charge is 0.398 e. The molecule has 2 aromatic rings. The van der Waals surface area contributed by atoms with Crippen LogP contribution >= 0.6 is 0 Å². The molecule has 0 bridgehead atoms. The molecular formula is C17H22N2O2. The van der Waals surface area contributed by atoms with Gasteiger partial charge in [-0.05, 0) is 42.2 Å². The van der Waals surface area contributed by atoms with Gasteiger partial charge in [0.1, 0.15) is 0 Å². The average Bonchev–Trinajstić information content (AvgIpc) is 2.49. The number of methoxy groups -OCH3 is 1. The first-order chi connectivity index (χ1) is 10.2. The van der Waals surface area contributed by atoms with Crippen molar-refractivity contribution in [2.24, 2.45) is 0 Å². The van der Waals surface area contributed by atoms with E-state index in [0.717, 1.165) is 36.6 Å². The maximum Gasteiger partial charge on any atom is 0.253 e. The zero-order chi connectivity index (χ0) is 15.1. The fraction of sp³-hybridized carbons (Fsp3) is 0.353. The third-order valence-electron chi connectivity index (χ3n) is 3.47. The number of unbranched alkanes of at least 4 members (excludes halogenated alkanes) is 2. The van der Waals surface area contributed by atoms with Crippen LogP contribution in [0.5, 0.6) is 0 Å². The van der Waals surface area contributed by atoms with Crippen LogP contribution in [0.2, 0.25) is 0 Å². The fourth-order valence-electron chi connectivity index (χ4n) is 2.30. The molecule has 3 N–H and O–H groups in total. The number of amides is 1. The Bertz CT molecular complexity index is 611. The second-order valence-corrected chi connectivity index (χ2v) is 5.10. The van der Waals surface area contributed by atoms with Gasteiger partial charge in [-0.15, -0.1) is 0 Å². The molecule has 112 valence electrons. The van der Waals surface area contributed by atoms with Gasteiger partial charge in [-0.3, -0.25) is 4.79 Å². The van der Waals surface area contributed by atoms with Crippen molar-refractivity contribution in [3.8, 4) is 0 Å². The summed E-state index contributed by atoms with van der Waals surface area (Å²) in [5.41, 5.74) is 7.05. The SMILES string of the molecule is COCCCCCNC(=O)c1cc2ccccc2cc1N. The molecule has 0 saturated carbocycles. The van der Waals surface area contributed by atoms with Crippen LogP contribution in [-0.2, 0) is 4.74 Å². The lowest BCUT2D eigenvalue weighted by Crippen LogP contribution is -2.25. The zero-order valence-electron chi connectivity index (χ0n) is 12.4. The van der Waals surface area contributed by atoms with Crippen LogP contribution in [0.1, 0.15) is 29.6 Å². The second kappa shape index (κ2) is 7.64. The predicted octanol–water partition coefficient (Wildman–Crippen LogP) is 2.97. The highest BCUT2D eigenvalue weighted by atomic mass is 16.5. The molecular weight excluding hydrogens is 264 g/mol. The molecule has 0 atom stereocenters. The van der Waals surface area contributed by atoms with Crippen molar-refractivity contribution in [2.45, 2.75) is 19.3 Å². The van der Waals surface area contributed by atoms with Crippen LogP contribution in [0.15, 0.2) is 36.4 Å². The standard InChI is InChI=1S/C17H22N2O2/c1-21-10-6-2-5-9-19-17(20)15-11-13-7-3-4-8-14(13)12-16(15)18/h3-4,7-8,11-12H,2,5-6,9-10,18H2,1H3,(H,19,20). The molecule has 4 heteroatoms. The lowest BCUT2D eigenvalue weighted by molar-refractivity contribution is 0.0953. The van der Waals surface area contributed by atoms with Crippen LogP contribution in [-0.4, -0.2) is 26.2 Å². The summed E-state index contributed by atoms with van der Waals surface area (Å²) in [7, 11) is 1.70. The van der Waals surface area contributed by atoms with Crippen LogP contribution < -0.4 is 11.1 Å². The van der Waals surface area contributed by atoms with Gasteiger partial charge in [-0.2, -0.15) is 0 Å².